The lowest BCUT2D eigenvalue weighted by atomic mass is 9.62. The maximum absolute atomic E-state index is 13.6. The van der Waals surface area contributed by atoms with Crippen LogP contribution in [0.4, 0.5) is 0 Å². The monoisotopic (exact) mass is 485 g/mol. The highest BCUT2D eigenvalue weighted by Crippen LogP contribution is 2.51. The molecule has 5 aliphatic rings. The molecule has 1 aromatic rings. The molecule has 0 fully saturated rings. The predicted octanol–water partition coefficient (Wildman–Crippen LogP) is 5.80. The Hall–Kier alpha value is -3.25. The van der Waals surface area contributed by atoms with Crippen molar-refractivity contribution in [1.29, 1.82) is 0 Å². The maximum atomic E-state index is 13.6. The maximum Gasteiger partial charge on any atom is 0.250 e. The highest BCUT2D eigenvalue weighted by Gasteiger charge is 2.53. The zero-order valence-electron chi connectivity index (χ0n) is 20.2. The van der Waals surface area contributed by atoms with Gasteiger partial charge in [0.1, 0.15) is 0 Å². The first-order valence-electron chi connectivity index (χ1n) is 12.2. The van der Waals surface area contributed by atoms with E-state index in [0.717, 1.165) is 64.4 Å². The lowest BCUT2D eigenvalue weighted by molar-refractivity contribution is -0.120. The number of dihydropyridines is 1. The lowest BCUT2D eigenvalue weighted by Gasteiger charge is -2.48. The van der Waals surface area contributed by atoms with Crippen LogP contribution in [-0.2, 0) is 10.2 Å². The fourth-order valence-electron chi connectivity index (χ4n) is 6.20. The molecule has 0 aromatic heterocycles. The molecule has 1 aliphatic carbocycles. The van der Waals surface area contributed by atoms with E-state index in [1.165, 1.54) is 11.1 Å². The van der Waals surface area contributed by atoms with Gasteiger partial charge in [-0.3, -0.25) is 9.79 Å². The van der Waals surface area contributed by atoms with E-state index in [1.807, 2.05) is 24.6 Å². The number of carbonyl (C=O) groups excluding carboxylic acids is 1. The average Bonchev–Trinajstić information content (AvgIpc) is 3.30. The predicted molar refractivity (Wildman–Crippen MR) is 139 cm³/mol. The number of halogens is 1. The normalized spacial score (nSPS) is 28.4. The topological polar surface area (TPSA) is 78.2 Å². The number of aliphatic imine (C=N–C) groups is 1. The second-order valence-corrected chi connectivity index (χ2v) is 10.8. The van der Waals surface area contributed by atoms with Crippen LogP contribution in [0.2, 0.25) is 0 Å². The number of azo groups is 1. The van der Waals surface area contributed by atoms with Crippen LogP contribution in [0.3, 0.4) is 0 Å². The third kappa shape index (κ3) is 3.38. The zero-order chi connectivity index (χ0) is 24.4. The van der Waals surface area contributed by atoms with E-state index in [1.54, 1.807) is 0 Å². The third-order valence-electron chi connectivity index (χ3n) is 7.71. The van der Waals surface area contributed by atoms with Crippen LogP contribution in [0, 0.1) is 0 Å². The van der Waals surface area contributed by atoms with Gasteiger partial charge in [0, 0.05) is 40.9 Å². The summed E-state index contributed by atoms with van der Waals surface area (Å²) in [5.74, 6) is -0.0219. The summed E-state index contributed by atoms with van der Waals surface area (Å²) >= 11 is 6.26. The number of allylic oxidation sites excluding steroid dienone is 5. The van der Waals surface area contributed by atoms with Crippen LogP contribution in [0.25, 0.3) is 5.57 Å². The number of carbonyl (C=O) groups is 1. The highest BCUT2D eigenvalue weighted by atomic mass is 35.5. The smallest absolute Gasteiger partial charge is 0.250 e. The zero-order valence-corrected chi connectivity index (χ0v) is 20.9. The molecule has 1 unspecified atom stereocenters. The second kappa shape index (κ2) is 7.89. The molecule has 2 N–H and O–H groups in total. The standard InChI is InChI=1S/C28H28ClN5O/c1-4-28(21-15-31-34-25(21)32-23-14-27(2,3)33-26(35)24(23)28)17-7-5-6-16(12-17)19-10-11-30-22-13-18(29)8-9-20(19)22/h5-8,11-13,15,25,32H,4,9-10,14H2,1-3H3,(H,33,35)/t25?,28-/m1/s1. The first-order valence-corrected chi connectivity index (χ1v) is 12.6. The van der Waals surface area contributed by atoms with E-state index in [0.29, 0.717) is 0 Å². The Morgan fingerprint density at radius 1 is 1.20 bits per heavy atom. The van der Waals surface area contributed by atoms with Gasteiger partial charge in [-0.15, -0.1) is 0 Å². The molecule has 4 aliphatic heterocycles. The SMILES string of the molecule is CC[C@@]1(c2cccc(C3=C4CC=C(Cl)C=C4N=CC3)c2)C2=CN=NC2NC2=C1C(=O)NC(C)(C)C2. The lowest BCUT2D eigenvalue weighted by Crippen LogP contribution is -2.58. The number of nitrogens with zero attached hydrogens (tertiary/aromatic N) is 3. The van der Waals surface area contributed by atoms with Crippen LogP contribution in [0.1, 0.15) is 57.6 Å². The first-order chi connectivity index (χ1) is 16.8. The van der Waals surface area contributed by atoms with Gasteiger partial charge in [0.25, 0.3) is 5.91 Å². The van der Waals surface area contributed by atoms with Crippen LogP contribution in [0.5, 0.6) is 0 Å². The van der Waals surface area contributed by atoms with Gasteiger partial charge in [0.15, 0.2) is 6.17 Å². The number of amides is 1. The Balaban J connectivity index is 1.53. The van der Waals surface area contributed by atoms with Gasteiger partial charge in [-0.25, -0.2) is 0 Å². The van der Waals surface area contributed by atoms with Crippen molar-refractivity contribution in [2.24, 2.45) is 15.2 Å². The molecule has 35 heavy (non-hydrogen) atoms. The third-order valence-corrected chi connectivity index (χ3v) is 7.98. The quantitative estimate of drug-likeness (QED) is 0.567. The van der Waals surface area contributed by atoms with Crippen molar-refractivity contribution in [2.45, 2.75) is 63.6 Å². The van der Waals surface area contributed by atoms with Crippen LogP contribution < -0.4 is 10.6 Å². The van der Waals surface area contributed by atoms with E-state index in [9.17, 15) is 4.79 Å². The molecule has 6 rings (SSSR count). The summed E-state index contributed by atoms with van der Waals surface area (Å²) in [5.41, 5.74) is 7.51. The van der Waals surface area contributed by atoms with Gasteiger partial charge in [0.05, 0.1) is 22.9 Å². The van der Waals surface area contributed by atoms with Gasteiger partial charge >= 0.3 is 0 Å². The first kappa shape index (κ1) is 22.2. The van der Waals surface area contributed by atoms with E-state index < -0.39 is 5.41 Å². The molecular formula is C28H28ClN5O. The highest BCUT2D eigenvalue weighted by molar-refractivity contribution is 6.31. The molecule has 6 nitrogen and oxygen atoms in total. The average molecular weight is 486 g/mol. The molecule has 4 heterocycles. The van der Waals surface area contributed by atoms with Crippen LogP contribution in [-0.4, -0.2) is 23.8 Å². The molecular weight excluding hydrogens is 458 g/mol. The Kier molecular flexibility index (Phi) is 5.01. The number of rotatable bonds is 3. The number of nitrogens with one attached hydrogen (secondary N) is 2. The van der Waals surface area contributed by atoms with Crippen molar-refractivity contribution < 1.29 is 4.79 Å². The summed E-state index contributed by atoms with van der Waals surface area (Å²) in [4.78, 5) is 18.2. The van der Waals surface area contributed by atoms with Crippen LogP contribution in [0.15, 0.2) is 91.0 Å². The minimum absolute atomic E-state index is 0.0219. The minimum Gasteiger partial charge on any atom is -0.362 e. The van der Waals surface area contributed by atoms with Crippen molar-refractivity contribution in [1.82, 2.24) is 10.6 Å². The molecule has 0 spiro atoms. The molecule has 1 amide bonds. The van der Waals surface area contributed by atoms with Crippen molar-refractivity contribution in [3.8, 4) is 0 Å². The summed E-state index contributed by atoms with van der Waals surface area (Å²) in [5, 5.41) is 16.2. The van der Waals surface area contributed by atoms with Crippen molar-refractivity contribution >= 4 is 29.3 Å². The van der Waals surface area contributed by atoms with Gasteiger partial charge in [-0.05, 0) is 55.0 Å². The molecule has 0 bridgehead atoms. The molecule has 7 heteroatoms. The molecule has 1 aromatic carbocycles. The molecule has 0 saturated carbocycles. The number of hydrogen-bond acceptors (Lipinski definition) is 5. The molecule has 0 saturated heterocycles. The Morgan fingerprint density at radius 3 is 2.89 bits per heavy atom. The Bertz CT molecular complexity index is 1370. The van der Waals surface area contributed by atoms with Gasteiger partial charge in [-0.1, -0.05) is 48.9 Å². The minimum atomic E-state index is -0.603. The Labute approximate surface area is 210 Å². The number of fused-ring (bicyclic) bond motifs is 2. The van der Waals surface area contributed by atoms with Crippen molar-refractivity contribution in [3.05, 3.63) is 86.9 Å². The fraction of sp³-hybridized carbons (Fsp3) is 0.357. The van der Waals surface area contributed by atoms with Gasteiger partial charge in [0.2, 0.25) is 0 Å². The van der Waals surface area contributed by atoms with E-state index in [2.05, 4.69) is 70.9 Å². The molecule has 0 radical (unpaired) electrons. The Morgan fingerprint density at radius 2 is 2.06 bits per heavy atom. The van der Waals surface area contributed by atoms with E-state index in [4.69, 9.17) is 11.6 Å². The molecule has 2 atom stereocenters. The second-order valence-electron chi connectivity index (χ2n) is 10.4. The van der Waals surface area contributed by atoms with E-state index in [-0.39, 0.29) is 17.6 Å². The summed E-state index contributed by atoms with van der Waals surface area (Å²) in [6, 6.07) is 8.65. The summed E-state index contributed by atoms with van der Waals surface area (Å²) in [7, 11) is 0. The fourth-order valence-corrected chi connectivity index (χ4v) is 6.38. The van der Waals surface area contributed by atoms with Crippen LogP contribution >= 0.6 is 11.6 Å². The summed E-state index contributed by atoms with van der Waals surface area (Å²) in [6.45, 7) is 6.26. The number of hydrogen-bond donors (Lipinski definition) is 2. The molecule has 178 valence electrons. The number of benzene rings is 1. The summed E-state index contributed by atoms with van der Waals surface area (Å²) < 4.78 is 0. The van der Waals surface area contributed by atoms with Gasteiger partial charge < -0.3 is 10.6 Å². The van der Waals surface area contributed by atoms with E-state index >= 15 is 0 Å². The summed E-state index contributed by atoms with van der Waals surface area (Å²) in [6.07, 6.45) is 10.5. The van der Waals surface area contributed by atoms with Crippen molar-refractivity contribution in [3.63, 3.8) is 0 Å². The van der Waals surface area contributed by atoms with Crippen molar-refractivity contribution in [2.75, 3.05) is 0 Å². The van der Waals surface area contributed by atoms with Gasteiger partial charge in [-0.2, -0.15) is 10.2 Å². The largest absolute Gasteiger partial charge is 0.362 e.